The van der Waals surface area contributed by atoms with E-state index in [0.29, 0.717) is 22.2 Å². The summed E-state index contributed by atoms with van der Waals surface area (Å²) in [5.74, 6) is -1.08. The molecule has 19 nitrogen and oxygen atoms in total. The molecule has 0 aliphatic heterocycles. The minimum Gasteiger partial charge on any atom is -0.506 e. The molecule has 1 amide bonds. The number of phenolic OH excluding ortho intramolecular Hbond substituents is 2. The van der Waals surface area contributed by atoms with Crippen LogP contribution in [0.3, 0.4) is 0 Å². The molecule has 0 saturated carbocycles. The number of nitro groups is 1. The number of hydrogen-bond donors (Lipinski definition) is 6. The summed E-state index contributed by atoms with van der Waals surface area (Å²) in [7, 11) is -7.38. The number of fused-ring (bicyclic) bond motifs is 1. The highest BCUT2D eigenvalue weighted by molar-refractivity contribution is 7.93. The van der Waals surface area contributed by atoms with Gasteiger partial charge in [-0.25, -0.2) is 16.8 Å². The molecule has 21 heteroatoms. The monoisotopic (exact) mass is 922 g/mol. The first-order valence-corrected chi connectivity index (χ1v) is 22.5. The lowest BCUT2D eigenvalue weighted by Gasteiger charge is -2.17. The van der Waals surface area contributed by atoms with Crippen molar-refractivity contribution in [3.8, 4) is 23.3 Å². The zero-order valence-electron chi connectivity index (χ0n) is 35.2. The van der Waals surface area contributed by atoms with E-state index in [4.69, 9.17) is 9.47 Å². The molecule has 0 aliphatic rings. The number of hydrogen-bond acceptors (Lipinski definition) is 15. The number of carbonyl (C=O) groups is 1. The molecule has 0 aromatic heterocycles. The van der Waals surface area contributed by atoms with Crippen LogP contribution in [-0.4, -0.2) is 58.2 Å². The van der Waals surface area contributed by atoms with Gasteiger partial charge in [0.05, 0.1) is 44.7 Å². The van der Waals surface area contributed by atoms with Crippen LogP contribution in [0, 0.1) is 35.3 Å². The zero-order valence-corrected chi connectivity index (χ0v) is 36.9. The SMILES string of the molecule is CCC(=O)Nc1cc(N=Nc2ccc([N+](=O)[O-])cc2C#N)c2c(NCc3cccc(S(=O)(=O)Nc4ccc(OCCOC)c(S(=O)(=O)Nc5cc(C)c(C)cc5O)c4)c3)cccc2c1O. The van der Waals surface area contributed by atoms with E-state index in [2.05, 4.69) is 30.3 Å². The number of nitro benzene ring substituents is 1. The van der Waals surface area contributed by atoms with Gasteiger partial charge in [-0.05, 0) is 91.2 Å². The summed E-state index contributed by atoms with van der Waals surface area (Å²) in [5.41, 5.74) is 1.88. The van der Waals surface area contributed by atoms with E-state index in [1.807, 2.05) is 6.07 Å². The van der Waals surface area contributed by atoms with E-state index in [1.165, 1.54) is 67.8 Å². The molecule has 6 aromatic carbocycles. The Kier molecular flexibility index (Phi) is 14.2. The number of nitrogens with one attached hydrogen (secondary N) is 4. The van der Waals surface area contributed by atoms with E-state index in [1.54, 1.807) is 45.0 Å². The summed E-state index contributed by atoms with van der Waals surface area (Å²) in [6.45, 7) is 5.28. The van der Waals surface area contributed by atoms with Crippen LogP contribution >= 0.6 is 0 Å². The lowest BCUT2D eigenvalue weighted by atomic mass is 10.0. The third-order valence-electron chi connectivity index (χ3n) is 9.86. The molecule has 65 heavy (non-hydrogen) atoms. The number of phenols is 2. The maximum Gasteiger partial charge on any atom is 0.270 e. The number of benzene rings is 6. The topological polar surface area (TPSA) is 284 Å². The Morgan fingerprint density at radius 2 is 1.57 bits per heavy atom. The molecular weight excluding hydrogens is 881 g/mol. The van der Waals surface area contributed by atoms with Gasteiger partial charge in [0.1, 0.15) is 40.5 Å². The standard InChI is InChI=1S/C44H42N8O11S2/c1-5-42(54)47-38-23-37(49-48-34-14-13-31(52(56)57)21-29(34)24-45)43-33(44(38)55)10-7-11-35(43)46-25-28-8-6-9-32(20-28)64(58,59)50-30-12-15-40(63-17-16-62-4)41(22-30)65(60,61)51-36-18-26(2)27(3)19-39(36)53/h6-15,18-23,46,50-51,53,55H,5,16-17,25H2,1-4H3,(H,47,54). The normalized spacial score (nSPS) is 11.6. The average Bonchev–Trinajstić information content (AvgIpc) is 3.28. The highest BCUT2D eigenvalue weighted by atomic mass is 32.2. The number of non-ortho nitro benzene ring substituents is 1. The van der Waals surface area contributed by atoms with Crippen molar-refractivity contribution in [2.75, 3.05) is 40.4 Å². The van der Waals surface area contributed by atoms with Crippen molar-refractivity contribution in [2.45, 2.75) is 43.5 Å². The quantitative estimate of drug-likeness (QED) is 0.0155. The lowest BCUT2D eigenvalue weighted by Crippen LogP contribution is -2.18. The molecule has 0 bridgehead atoms. The predicted octanol–water partition coefficient (Wildman–Crippen LogP) is 8.65. The molecule has 0 saturated heterocycles. The molecule has 0 radical (unpaired) electrons. The molecular formula is C44H42N8O11S2. The number of carbonyl (C=O) groups excluding carboxylic acids is 1. The first-order valence-electron chi connectivity index (χ1n) is 19.6. The number of methoxy groups -OCH3 is 1. The van der Waals surface area contributed by atoms with Gasteiger partial charge in [-0.2, -0.15) is 5.26 Å². The van der Waals surface area contributed by atoms with Gasteiger partial charge < -0.3 is 30.3 Å². The summed E-state index contributed by atoms with van der Waals surface area (Å²) in [6.07, 6.45) is 0.103. The summed E-state index contributed by atoms with van der Waals surface area (Å²) < 4.78 is 70.8. The third kappa shape index (κ3) is 10.9. The Morgan fingerprint density at radius 1 is 0.831 bits per heavy atom. The van der Waals surface area contributed by atoms with Gasteiger partial charge in [0, 0.05) is 48.7 Å². The molecule has 0 aliphatic carbocycles. The molecule has 6 aromatic rings. The summed E-state index contributed by atoms with van der Waals surface area (Å²) in [5, 5.41) is 57.8. The van der Waals surface area contributed by atoms with Crippen molar-refractivity contribution in [3.05, 3.63) is 129 Å². The van der Waals surface area contributed by atoms with Crippen LogP contribution in [-0.2, 0) is 36.1 Å². The van der Waals surface area contributed by atoms with Gasteiger partial charge >= 0.3 is 0 Å². The highest BCUT2D eigenvalue weighted by Gasteiger charge is 2.25. The zero-order chi connectivity index (χ0) is 47.1. The Bertz CT molecular complexity index is 3140. The third-order valence-corrected chi connectivity index (χ3v) is 12.6. The second kappa shape index (κ2) is 19.7. The van der Waals surface area contributed by atoms with E-state index >= 15 is 0 Å². The first kappa shape index (κ1) is 46.7. The van der Waals surface area contributed by atoms with Gasteiger partial charge in [0.2, 0.25) is 5.91 Å². The number of anilines is 4. The van der Waals surface area contributed by atoms with Crippen molar-refractivity contribution in [3.63, 3.8) is 0 Å². The number of ether oxygens (including phenoxy) is 2. The van der Waals surface area contributed by atoms with Crippen molar-refractivity contribution < 1.29 is 46.2 Å². The first-order chi connectivity index (χ1) is 30.9. The maximum atomic E-state index is 13.9. The Balaban J connectivity index is 1.30. The predicted molar refractivity (Wildman–Crippen MR) is 243 cm³/mol. The van der Waals surface area contributed by atoms with Gasteiger partial charge in [-0.3, -0.25) is 24.4 Å². The molecule has 336 valence electrons. The Hall–Kier alpha value is -7.80. The number of nitriles is 1. The van der Waals surface area contributed by atoms with Crippen LogP contribution in [0.4, 0.5) is 39.8 Å². The van der Waals surface area contributed by atoms with E-state index in [9.17, 15) is 47.2 Å². The van der Waals surface area contributed by atoms with Crippen LogP contribution in [0.15, 0.2) is 117 Å². The van der Waals surface area contributed by atoms with E-state index in [-0.39, 0.29) is 93.4 Å². The number of rotatable bonds is 18. The molecule has 0 unspecified atom stereocenters. The Labute approximate surface area is 373 Å². The average molecular weight is 923 g/mol. The molecule has 6 rings (SSSR count). The maximum absolute atomic E-state index is 13.9. The Morgan fingerprint density at radius 3 is 2.29 bits per heavy atom. The summed E-state index contributed by atoms with van der Waals surface area (Å²) in [6, 6.07) is 24.2. The molecule has 0 atom stereocenters. The minimum absolute atomic E-state index is 0.0191. The highest BCUT2D eigenvalue weighted by Crippen LogP contribution is 2.44. The largest absolute Gasteiger partial charge is 0.506 e. The number of nitrogens with zero attached hydrogens (tertiary/aromatic N) is 4. The molecule has 0 fully saturated rings. The van der Waals surface area contributed by atoms with Gasteiger partial charge in [-0.1, -0.05) is 31.2 Å². The van der Waals surface area contributed by atoms with Crippen molar-refractivity contribution in [1.82, 2.24) is 0 Å². The molecule has 6 N–H and O–H groups in total. The molecule has 0 spiro atoms. The van der Waals surface area contributed by atoms with Crippen molar-refractivity contribution in [1.29, 1.82) is 5.26 Å². The fourth-order valence-corrected chi connectivity index (χ4v) is 8.74. The lowest BCUT2D eigenvalue weighted by molar-refractivity contribution is -0.384. The number of azo groups is 1. The molecule has 0 heterocycles. The second-order valence-corrected chi connectivity index (χ2v) is 17.7. The number of amides is 1. The number of sulfonamides is 2. The van der Waals surface area contributed by atoms with Crippen LogP contribution in [0.1, 0.15) is 35.6 Å². The van der Waals surface area contributed by atoms with Gasteiger partial charge in [-0.15, -0.1) is 10.2 Å². The van der Waals surface area contributed by atoms with Crippen LogP contribution in [0.2, 0.25) is 0 Å². The smallest absolute Gasteiger partial charge is 0.270 e. The van der Waals surface area contributed by atoms with E-state index in [0.717, 1.165) is 17.7 Å². The van der Waals surface area contributed by atoms with Crippen molar-refractivity contribution in [2.24, 2.45) is 10.2 Å². The fourth-order valence-electron chi connectivity index (χ4n) is 6.38. The fraction of sp³-hybridized carbons (Fsp3) is 0.182. The second-order valence-electron chi connectivity index (χ2n) is 14.4. The van der Waals surface area contributed by atoms with Gasteiger partial charge in [0.15, 0.2) is 0 Å². The van der Waals surface area contributed by atoms with Crippen molar-refractivity contribution >= 4 is 76.5 Å². The van der Waals surface area contributed by atoms with Gasteiger partial charge in [0.25, 0.3) is 25.7 Å². The minimum atomic E-state index is -4.47. The number of aryl methyl sites for hydroxylation is 2. The summed E-state index contributed by atoms with van der Waals surface area (Å²) in [4.78, 5) is 22.5. The number of aromatic hydroxyl groups is 2. The van der Waals surface area contributed by atoms with E-state index < -0.39 is 35.8 Å². The van der Waals surface area contributed by atoms with Crippen LogP contribution in [0.5, 0.6) is 17.2 Å². The summed E-state index contributed by atoms with van der Waals surface area (Å²) >= 11 is 0. The van der Waals surface area contributed by atoms with Crippen LogP contribution < -0.4 is 24.8 Å². The van der Waals surface area contributed by atoms with Crippen LogP contribution in [0.25, 0.3) is 10.8 Å².